The van der Waals surface area contributed by atoms with Gasteiger partial charge in [0.05, 0.1) is 24.5 Å². The summed E-state index contributed by atoms with van der Waals surface area (Å²) in [5.74, 6) is -0.0510. The first-order chi connectivity index (χ1) is 11.8. The van der Waals surface area contributed by atoms with Crippen molar-refractivity contribution in [3.8, 4) is 0 Å². The van der Waals surface area contributed by atoms with Gasteiger partial charge >= 0.3 is 0 Å². The van der Waals surface area contributed by atoms with E-state index in [0.717, 1.165) is 31.6 Å². The Kier molecular flexibility index (Phi) is 5.87. The average molecular weight is 326 g/mol. The number of hydrogen-bond acceptors (Lipinski definition) is 5. The van der Waals surface area contributed by atoms with Crippen molar-refractivity contribution in [2.24, 2.45) is 0 Å². The summed E-state index contributed by atoms with van der Waals surface area (Å²) >= 11 is 0. The van der Waals surface area contributed by atoms with Crippen molar-refractivity contribution in [2.45, 2.75) is 25.5 Å². The zero-order valence-corrected chi connectivity index (χ0v) is 13.6. The third kappa shape index (κ3) is 5.11. The molecule has 0 saturated carbocycles. The third-order valence-corrected chi connectivity index (χ3v) is 3.93. The number of amides is 1. The Hall–Kier alpha value is -2.31. The predicted octanol–water partition coefficient (Wildman–Crippen LogP) is 2.10. The van der Waals surface area contributed by atoms with Gasteiger partial charge in [-0.3, -0.25) is 19.7 Å². The van der Waals surface area contributed by atoms with Gasteiger partial charge in [0.25, 0.3) is 0 Å². The van der Waals surface area contributed by atoms with E-state index in [1.165, 1.54) is 0 Å². The average Bonchev–Trinajstić information content (AvgIpc) is 3.09. The number of pyridine rings is 2. The van der Waals surface area contributed by atoms with Crippen LogP contribution in [0.25, 0.3) is 0 Å². The predicted molar refractivity (Wildman–Crippen MR) is 91.4 cm³/mol. The van der Waals surface area contributed by atoms with Gasteiger partial charge in [-0.05, 0) is 36.6 Å². The lowest BCUT2D eigenvalue weighted by Gasteiger charge is -2.24. The van der Waals surface area contributed by atoms with Gasteiger partial charge in [0.15, 0.2) is 0 Å². The standard InChI is InChI=1S/C18H22N4O2/c23-18(21-16-5-2-8-20-11-16)14-22(13-17-6-3-9-24-17)12-15-4-1-7-19-10-15/h1-2,4-5,7-8,10-11,17H,3,6,9,12-14H2,(H,21,23)/t17-/m1/s1. The summed E-state index contributed by atoms with van der Waals surface area (Å²) in [6, 6.07) is 7.57. The van der Waals surface area contributed by atoms with Crippen LogP contribution in [0.1, 0.15) is 18.4 Å². The molecule has 1 atom stereocenters. The molecule has 3 rings (SSSR count). The van der Waals surface area contributed by atoms with Gasteiger partial charge in [-0.1, -0.05) is 6.07 Å². The minimum absolute atomic E-state index is 0.0510. The number of carbonyl (C=O) groups excluding carboxylic acids is 1. The summed E-state index contributed by atoms with van der Waals surface area (Å²) in [6.07, 6.45) is 9.25. The number of hydrogen-bond donors (Lipinski definition) is 1. The van der Waals surface area contributed by atoms with Crippen LogP contribution in [0.5, 0.6) is 0 Å². The normalized spacial score (nSPS) is 17.1. The van der Waals surface area contributed by atoms with Gasteiger partial charge in [0, 0.05) is 38.3 Å². The maximum atomic E-state index is 12.3. The van der Waals surface area contributed by atoms with Crippen molar-refractivity contribution in [3.05, 3.63) is 54.6 Å². The lowest BCUT2D eigenvalue weighted by Crippen LogP contribution is -2.38. The van der Waals surface area contributed by atoms with Crippen molar-refractivity contribution in [1.82, 2.24) is 14.9 Å². The van der Waals surface area contributed by atoms with Crippen LogP contribution in [0.4, 0.5) is 5.69 Å². The second-order valence-corrected chi connectivity index (χ2v) is 5.96. The first kappa shape index (κ1) is 16.5. The zero-order chi connectivity index (χ0) is 16.6. The molecule has 1 amide bonds. The van der Waals surface area contributed by atoms with E-state index in [0.29, 0.717) is 18.8 Å². The molecule has 1 saturated heterocycles. The molecule has 126 valence electrons. The summed E-state index contributed by atoms with van der Waals surface area (Å²) in [7, 11) is 0. The maximum absolute atomic E-state index is 12.3. The number of ether oxygens (including phenoxy) is 1. The van der Waals surface area contributed by atoms with Crippen LogP contribution >= 0.6 is 0 Å². The molecule has 3 heterocycles. The molecule has 0 unspecified atom stereocenters. The number of anilines is 1. The molecule has 2 aromatic heterocycles. The van der Waals surface area contributed by atoms with Crippen LogP contribution in [0.3, 0.4) is 0 Å². The first-order valence-electron chi connectivity index (χ1n) is 8.22. The molecule has 6 heteroatoms. The van der Waals surface area contributed by atoms with E-state index in [1.54, 1.807) is 24.7 Å². The Labute approximate surface area is 141 Å². The van der Waals surface area contributed by atoms with E-state index < -0.39 is 0 Å². The first-order valence-corrected chi connectivity index (χ1v) is 8.22. The van der Waals surface area contributed by atoms with Crippen molar-refractivity contribution in [3.63, 3.8) is 0 Å². The Morgan fingerprint density at radius 3 is 2.75 bits per heavy atom. The van der Waals surface area contributed by atoms with Gasteiger partial charge in [-0.2, -0.15) is 0 Å². The molecule has 0 aromatic carbocycles. The summed E-state index contributed by atoms with van der Waals surface area (Å²) < 4.78 is 5.72. The highest BCUT2D eigenvalue weighted by atomic mass is 16.5. The summed E-state index contributed by atoms with van der Waals surface area (Å²) in [5.41, 5.74) is 1.80. The second-order valence-electron chi connectivity index (χ2n) is 5.96. The van der Waals surface area contributed by atoms with Crippen molar-refractivity contribution in [2.75, 3.05) is 25.0 Å². The summed E-state index contributed by atoms with van der Waals surface area (Å²) in [4.78, 5) is 22.6. The van der Waals surface area contributed by atoms with Crippen LogP contribution < -0.4 is 5.32 Å². The highest BCUT2D eigenvalue weighted by Gasteiger charge is 2.21. The number of nitrogens with one attached hydrogen (secondary N) is 1. The third-order valence-electron chi connectivity index (χ3n) is 3.93. The lowest BCUT2D eigenvalue weighted by molar-refractivity contribution is -0.117. The van der Waals surface area contributed by atoms with E-state index in [9.17, 15) is 4.79 Å². The van der Waals surface area contributed by atoms with E-state index in [2.05, 4.69) is 20.2 Å². The molecule has 0 aliphatic carbocycles. The van der Waals surface area contributed by atoms with Crippen LogP contribution in [-0.2, 0) is 16.1 Å². The smallest absolute Gasteiger partial charge is 0.238 e. The molecule has 1 fully saturated rings. The molecule has 1 aliphatic rings. The second kappa shape index (κ2) is 8.52. The summed E-state index contributed by atoms with van der Waals surface area (Å²) in [5, 5.41) is 2.88. The summed E-state index contributed by atoms with van der Waals surface area (Å²) in [6.45, 7) is 2.54. The Morgan fingerprint density at radius 2 is 2.08 bits per heavy atom. The van der Waals surface area contributed by atoms with Gasteiger partial charge < -0.3 is 10.1 Å². The zero-order valence-electron chi connectivity index (χ0n) is 13.6. The molecule has 0 radical (unpaired) electrons. The van der Waals surface area contributed by atoms with Gasteiger partial charge in [-0.25, -0.2) is 0 Å². The largest absolute Gasteiger partial charge is 0.377 e. The fourth-order valence-corrected chi connectivity index (χ4v) is 2.85. The topological polar surface area (TPSA) is 67.4 Å². The number of nitrogens with zero attached hydrogens (tertiary/aromatic N) is 3. The minimum atomic E-state index is -0.0510. The number of aromatic nitrogens is 2. The molecule has 6 nitrogen and oxygen atoms in total. The molecule has 0 bridgehead atoms. The Morgan fingerprint density at radius 1 is 1.25 bits per heavy atom. The van der Waals surface area contributed by atoms with Crippen molar-refractivity contribution in [1.29, 1.82) is 0 Å². The Bertz CT molecular complexity index is 630. The SMILES string of the molecule is O=C(CN(Cc1cccnc1)C[C@H]1CCCO1)Nc1cccnc1. The number of rotatable bonds is 7. The molecule has 2 aromatic rings. The van der Waals surface area contributed by atoms with Crippen LogP contribution in [0.2, 0.25) is 0 Å². The van der Waals surface area contributed by atoms with E-state index in [1.807, 2.05) is 24.4 Å². The lowest BCUT2D eigenvalue weighted by atomic mass is 10.2. The minimum Gasteiger partial charge on any atom is -0.377 e. The van der Waals surface area contributed by atoms with Gasteiger partial charge in [0.1, 0.15) is 0 Å². The van der Waals surface area contributed by atoms with E-state index >= 15 is 0 Å². The monoisotopic (exact) mass is 326 g/mol. The highest BCUT2D eigenvalue weighted by Crippen LogP contribution is 2.15. The fraction of sp³-hybridized carbons (Fsp3) is 0.389. The van der Waals surface area contributed by atoms with Gasteiger partial charge in [-0.15, -0.1) is 0 Å². The van der Waals surface area contributed by atoms with Gasteiger partial charge in [0.2, 0.25) is 5.91 Å². The number of carbonyl (C=O) groups is 1. The molecular formula is C18H22N4O2. The Balaban J connectivity index is 1.61. The van der Waals surface area contributed by atoms with E-state index in [4.69, 9.17) is 4.74 Å². The molecule has 0 spiro atoms. The molecule has 24 heavy (non-hydrogen) atoms. The fourth-order valence-electron chi connectivity index (χ4n) is 2.85. The highest BCUT2D eigenvalue weighted by molar-refractivity contribution is 5.92. The van der Waals surface area contributed by atoms with Crippen LogP contribution in [0, 0.1) is 0 Å². The molecule has 1 aliphatic heterocycles. The maximum Gasteiger partial charge on any atom is 0.238 e. The molecular weight excluding hydrogens is 304 g/mol. The molecule has 1 N–H and O–H groups in total. The van der Waals surface area contributed by atoms with Crippen molar-refractivity contribution < 1.29 is 9.53 Å². The van der Waals surface area contributed by atoms with Crippen LogP contribution in [0.15, 0.2) is 49.1 Å². The van der Waals surface area contributed by atoms with E-state index in [-0.39, 0.29) is 12.0 Å². The van der Waals surface area contributed by atoms with Crippen molar-refractivity contribution >= 4 is 11.6 Å². The van der Waals surface area contributed by atoms with Crippen LogP contribution in [-0.4, -0.2) is 46.6 Å². The quantitative estimate of drug-likeness (QED) is 0.844.